The van der Waals surface area contributed by atoms with Crippen molar-refractivity contribution >= 4 is 23.5 Å². The van der Waals surface area contributed by atoms with Crippen LogP contribution in [0.3, 0.4) is 0 Å². The van der Waals surface area contributed by atoms with Gasteiger partial charge in [-0.25, -0.2) is 9.59 Å². The van der Waals surface area contributed by atoms with Gasteiger partial charge in [-0.2, -0.15) is 0 Å². The van der Waals surface area contributed by atoms with E-state index in [0.29, 0.717) is 19.3 Å². The Morgan fingerprint density at radius 2 is 1.94 bits per heavy atom. The van der Waals surface area contributed by atoms with E-state index in [1.807, 2.05) is 20.8 Å². The molecule has 1 saturated carbocycles. The number of rotatable bonds is 8. The van der Waals surface area contributed by atoms with Gasteiger partial charge < -0.3 is 24.4 Å². The van der Waals surface area contributed by atoms with E-state index < -0.39 is 41.3 Å². The molecule has 0 radical (unpaired) electrons. The van der Waals surface area contributed by atoms with Crippen molar-refractivity contribution in [3.63, 3.8) is 0 Å². The zero-order chi connectivity index (χ0) is 23.7. The summed E-state index contributed by atoms with van der Waals surface area (Å²) >= 11 is 6.21. The molecule has 6 unspecified atom stereocenters. The van der Waals surface area contributed by atoms with Crippen LogP contribution >= 0.6 is 11.6 Å². The monoisotopic (exact) mass is 466 g/mol. The van der Waals surface area contributed by atoms with Gasteiger partial charge in [0.25, 0.3) is 0 Å². The minimum absolute atomic E-state index is 0.00560. The van der Waals surface area contributed by atoms with Crippen molar-refractivity contribution in [1.29, 1.82) is 0 Å². The molecule has 6 atom stereocenters. The number of aliphatic hydroxyl groups is 1. The van der Waals surface area contributed by atoms with Gasteiger partial charge in [-0.05, 0) is 52.2 Å². The van der Waals surface area contributed by atoms with E-state index in [0.717, 1.165) is 0 Å². The average molecular weight is 467 g/mol. The van der Waals surface area contributed by atoms with E-state index >= 15 is 0 Å². The summed E-state index contributed by atoms with van der Waals surface area (Å²) in [7, 11) is 1.50. The van der Waals surface area contributed by atoms with Crippen molar-refractivity contribution in [3.05, 3.63) is 47.0 Å². The van der Waals surface area contributed by atoms with Gasteiger partial charge in [0.2, 0.25) is 0 Å². The number of halogens is 1. The molecule has 0 bridgehead atoms. The Hall–Kier alpha value is -1.93. The lowest BCUT2D eigenvalue weighted by Gasteiger charge is -2.48. The molecule has 0 amide bonds. The molecule has 1 aromatic carbocycles. The Kier molecular flexibility index (Phi) is 7.34. The summed E-state index contributed by atoms with van der Waals surface area (Å²) in [6, 6.07) is 5.91. The maximum absolute atomic E-state index is 12.9. The van der Waals surface area contributed by atoms with E-state index in [1.165, 1.54) is 24.8 Å². The summed E-state index contributed by atoms with van der Waals surface area (Å²) in [4.78, 5) is 24.4. The van der Waals surface area contributed by atoms with Crippen LogP contribution in [-0.4, -0.2) is 64.7 Å². The van der Waals surface area contributed by atoms with Crippen molar-refractivity contribution in [1.82, 2.24) is 0 Å². The van der Waals surface area contributed by atoms with Crippen LogP contribution in [-0.2, 0) is 14.2 Å². The number of hydrogen-bond acceptors (Lipinski definition) is 6. The van der Waals surface area contributed by atoms with E-state index in [9.17, 15) is 19.8 Å². The van der Waals surface area contributed by atoms with Crippen LogP contribution in [0.5, 0.6) is 0 Å². The minimum Gasteiger partial charge on any atom is -0.478 e. The predicted molar refractivity (Wildman–Crippen MR) is 119 cm³/mol. The summed E-state index contributed by atoms with van der Waals surface area (Å²) in [5.41, 5.74) is -0.930. The van der Waals surface area contributed by atoms with Crippen molar-refractivity contribution < 1.29 is 34.0 Å². The van der Waals surface area contributed by atoms with Crippen LogP contribution in [0.4, 0.5) is 0 Å². The van der Waals surface area contributed by atoms with Crippen molar-refractivity contribution in [2.75, 3.05) is 13.0 Å². The summed E-state index contributed by atoms with van der Waals surface area (Å²) in [5.74, 6) is -2.49. The lowest BCUT2D eigenvalue weighted by Crippen LogP contribution is -2.61. The average Bonchev–Trinajstić information content (AvgIpc) is 3.43. The number of benzene rings is 1. The van der Waals surface area contributed by atoms with Gasteiger partial charge in [0.05, 0.1) is 34.6 Å². The Bertz CT molecular complexity index is 896. The van der Waals surface area contributed by atoms with Crippen molar-refractivity contribution in [3.8, 4) is 0 Å². The van der Waals surface area contributed by atoms with E-state index in [1.54, 1.807) is 12.1 Å². The standard InChI is InChI=1S/C24H31ClO7/c1-14(2)9-10-18-23(3,32-18)20-19(30-4)17(11-12-24(20,29)13-25)31-22(28)16-8-6-5-7-15(16)21(26)27/h5-9,17-20,29H,10-13H2,1-4H3,(H,26,27). The van der Waals surface area contributed by atoms with E-state index in [2.05, 4.69) is 6.08 Å². The van der Waals surface area contributed by atoms with Crippen LogP contribution in [0.25, 0.3) is 0 Å². The third kappa shape index (κ3) is 4.71. The van der Waals surface area contributed by atoms with Gasteiger partial charge in [-0.15, -0.1) is 11.6 Å². The first-order chi connectivity index (χ1) is 15.1. The highest BCUT2D eigenvalue weighted by Crippen LogP contribution is 2.55. The molecule has 176 valence electrons. The number of allylic oxidation sites excluding steroid dienone is 1. The Balaban J connectivity index is 1.86. The van der Waals surface area contributed by atoms with E-state index in [-0.39, 0.29) is 23.1 Å². The first-order valence-corrected chi connectivity index (χ1v) is 11.3. The lowest BCUT2D eigenvalue weighted by atomic mass is 9.66. The van der Waals surface area contributed by atoms with Crippen molar-refractivity contribution in [2.45, 2.75) is 69.5 Å². The molecule has 2 N–H and O–H groups in total. The second-order valence-corrected chi connectivity index (χ2v) is 9.32. The fourth-order valence-corrected chi connectivity index (χ4v) is 5.18. The molecule has 32 heavy (non-hydrogen) atoms. The van der Waals surface area contributed by atoms with Gasteiger partial charge >= 0.3 is 11.9 Å². The molecule has 7 nitrogen and oxygen atoms in total. The molecule has 1 aromatic rings. The number of esters is 1. The number of carboxylic acid groups (broad SMARTS) is 1. The van der Waals surface area contributed by atoms with Gasteiger partial charge in [0, 0.05) is 7.11 Å². The van der Waals surface area contributed by atoms with E-state index in [4.69, 9.17) is 25.8 Å². The number of carboxylic acids is 1. The quantitative estimate of drug-likeness (QED) is 0.259. The first kappa shape index (κ1) is 24.7. The molecule has 1 aliphatic heterocycles. The minimum atomic E-state index is -1.25. The number of epoxide rings is 1. The third-order valence-corrected chi connectivity index (χ3v) is 7.07. The Morgan fingerprint density at radius 1 is 1.28 bits per heavy atom. The number of alkyl halides is 1. The molecule has 1 aliphatic carbocycles. The number of carbonyl (C=O) groups excluding carboxylic acids is 1. The first-order valence-electron chi connectivity index (χ1n) is 10.7. The number of methoxy groups -OCH3 is 1. The van der Waals surface area contributed by atoms with Crippen molar-refractivity contribution in [2.24, 2.45) is 5.92 Å². The highest BCUT2D eigenvalue weighted by Gasteiger charge is 2.67. The number of ether oxygens (including phenoxy) is 3. The Morgan fingerprint density at radius 3 is 2.50 bits per heavy atom. The molecule has 0 spiro atoms. The molecule has 1 saturated heterocycles. The largest absolute Gasteiger partial charge is 0.478 e. The molecule has 8 heteroatoms. The van der Waals surface area contributed by atoms with Crippen LogP contribution in [0, 0.1) is 5.92 Å². The summed E-state index contributed by atoms with van der Waals surface area (Å²) in [6.45, 7) is 5.95. The van der Waals surface area contributed by atoms with Crippen LogP contribution in [0.1, 0.15) is 60.7 Å². The maximum atomic E-state index is 12.9. The van der Waals surface area contributed by atoms with Gasteiger partial charge in [-0.3, -0.25) is 0 Å². The SMILES string of the molecule is COC1C(OC(=O)c2ccccc2C(=O)O)CCC(O)(CCl)C1C1(C)OC1CC=C(C)C. The van der Waals surface area contributed by atoms with Gasteiger partial charge in [0.15, 0.2) is 0 Å². The van der Waals surface area contributed by atoms with Gasteiger partial charge in [0.1, 0.15) is 17.8 Å². The highest BCUT2D eigenvalue weighted by molar-refractivity contribution is 6.18. The second kappa shape index (κ2) is 9.51. The summed E-state index contributed by atoms with van der Waals surface area (Å²) in [5, 5.41) is 20.8. The molecular weight excluding hydrogens is 436 g/mol. The fraction of sp³-hybridized carbons (Fsp3) is 0.583. The fourth-order valence-electron chi connectivity index (χ4n) is 4.88. The maximum Gasteiger partial charge on any atom is 0.339 e. The van der Waals surface area contributed by atoms with Crippen LogP contribution < -0.4 is 0 Å². The number of hydrogen-bond donors (Lipinski definition) is 2. The number of aromatic carboxylic acids is 1. The zero-order valence-electron chi connectivity index (χ0n) is 18.8. The van der Waals surface area contributed by atoms with Crippen LogP contribution in [0.2, 0.25) is 0 Å². The topological polar surface area (TPSA) is 106 Å². The van der Waals surface area contributed by atoms with Gasteiger partial charge in [-0.1, -0.05) is 23.8 Å². The lowest BCUT2D eigenvalue weighted by molar-refractivity contribution is -0.171. The predicted octanol–water partition coefficient (Wildman–Crippen LogP) is 3.82. The molecule has 3 rings (SSSR count). The molecule has 0 aromatic heterocycles. The second-order valence-electron chi connectivity index (χ2n) is 9.06. The smallest absolute Gasteiger partial charge is 0.339 e. The molecule has 2 aliphatic rings. The third-order valence-electron chi connectivity index (χ3n) is 6.61. The Labute approximate surface area is 193 Å². The summed E-state index contributed by atoms with van der Waals surface area (Å²) in [6.07, 6.45) is 1.93. The normalized spacial score (nSPS) is 33.9. The highest BCUT2D eigenvalue weighted by atomic mass is 35.5. The number of carbonyl (C=O) groups is 2. The molecule has 2 fully saturated rings. The zero-order valence-corrected chi connectivity index (χ0v) is 19.6. The van der Waals surface area contributed by atoms with Crippen LogP contribution in [0.15, 0.2) is 35.9 Å². The molecule has 1 heterocycles. The summed E-state index contributed by atoms with van der Waals surface area (Å²) < 4.78 is 17.6. The molecular formula is C24H31ClO7.